The largest absolute Gasteiger partial charge is 0.469 e. The molecule has 0 bridgehead atoms. The summed E-state index contributed by atoms with van der Waals surface area (Å²) in [5.74, 6) is -0.138. The van der Waals surface area contributed by atoms with E-state index >= 15 is 0 Å². The third kappa shape index (κ3) is 5.20. The first kappa shape index (κ1) is 13.3. The summed E-state index contributed by atoms with van der Waals surface area (Å²) in [6.45, 7) is 0. The van der Waals surface area contributed by atoms with Gasteiger partial charge < -0.3 is 10.5 Å². The monoisotopic (exact) mass is 233 g/mol. The summed E-state index contributed by atoms with van der Waals surface area (Å²) >= 11 is 0. The van der Waals surface area contributed by atoms with Gasteiger partial charge in [0.05, 0.1) is 7.11 Å². The molecule has 0 heterocycles. The molecule has 0 aliphatic rings. The van der Waals surface area contributed by atoms with Crippen molar-refractivity contribution in [3.8, 4) is 0 Å². The molecule has 0 radical (unpaired) electrons. The third-order valence-corrected chi connectivity index (χ3v) is 2.52. The van der Waals surface area contributed by atoms with Crippen LogP contribution in [0.25, 0.3) is 6.08 Å². The topological polar surface area (TPSA) is 52.3 Å². The number of nitrogens with two attached hydrogens (primary N) is 1. The molecule has 0 spiro atoms. The molecule has 1 aromatic carbocycles. The van der Waals surface area contributed by atoms with Crippen molar-refractivity contribution >= 4 is 17.7 Å². The van der Waals surface area contributed by atoms with Crippen LogP contribution >= 0.6 is 0 Å². The van der Waals surface area contributed by atoms with Gasteiger partial charge in [-0.15, -0.1) is 0 Å². The van der Waals surface area contributed by atoms with Crippen LogP contribution in [0.3, 0.4) is 0 Å². The Morgan fingerprint density at radius 2 is 2.12 bits per heavy atom. The lowest BCUT2D eigenvalue weighted by molar-refractivity contribution is -0.140. The molecule has 2 N–H and O–H groups in total. The first-order valence-corrected chi connectivity index (χ1v) is 5.82. The number of esters is 1. The lowest BCUT2D eigenvalue weighted by Gasteiger charge is -1.99. The third-order valence-electron chi connectivity index (χ3n) is 2.52. The Morgan fingerprint density at radius 1 is 1.35 bits per heavy atom. The minimum atomic E-state index is -0.138. The van der Waals surface area contributed by atoms with Gasteiger partial charge in [-0.2, -0.15) is 0 Å². The number of anilines is 1. The Balaban J connectivity index is 2.23. The molecule has 0 atom stereocenters. The van der Waals surface area contributed by atoms with E-state index in [1.807, 2.05) is 30.3 Å². The van der Waals surface area contributed by atoms with Gasteiger partial charge in [-0.1, -0.05) is 30.4 Å². The normalized spacial score (nSPS) is 10.6. The number of ether oxygens (including phenoxy) is 1. The van der Waals surface area contributed by atoms with Crippen molar-refractivity contribution in [2.24, 2.45) is 0 Å². The molecule has 17 heavy (non-hydrogen) atoms. The second-order valence-corrected chi connectivity index (χ2v) is 3.85. The van der Waals surface area contributed by atoms with Crippen LogP contribution in [0.4, 0.5) is 5.69 Å². The van der Waals surface area contributed by atoms with E-state index in [0.717, 1.165) is 30.5 Å². The highest BCUT2D eigenvalue weighted by Gasteiger charge is 1.97. The molecule has 0 amide bonds. The highest BCUT2D eigenvalue weighted by atomic mass is 16.5. The fourth-order valence-electron chi connectivity index (χ4n) is 1.51. The minimum absolute atomic E-state index is 0.138. The van der Waals surface area contributed by atoms with Crippen molar-refractivity contribution in [2.45, 2.75) is 25.7 Å². The van der Waals surface area contributed by atoms with Gasteiger partial charge in [0.15, 0.2) is 0 Å². The zero-order valence-corrected chi connectivity index (χ0v) is 10.2. The first-order valence-electron chi connectivity index (χ1n) is 5.82. The van der Waals surface area contributed by atoms with Crippen molar-refractivity contribution in [3.05, 3.63) is 35.9 Å². The zero-order valence-electron chi connectivity index (χ0n) is 10.2. The fourth-order valence-corrected chi connectivity index (χ4v) is 1.51. The van der Waals surface area contributed by atoms with Gasteiger partial charge in [-0.05, 0) is 30.9 Å². The molecule has 1 aromatic rings. The maximum atomic E-state index is 10.9. The quantitative estimate of drug-likeness (QED) is 0.467. The minimum Gasteiger partial charge on any atom is -0.469 e. The number of carbonyl (C=O) groups is 1. The van der Waals surface area contributed by atoms with Crippen molar-refractivity contribution in [3.63, 3.8) is 0 Å². The molecular formula is C14H19NO2. The Bertz CT molecular complexity index is 386. The van der Waals surface area contributed by atoms with Crippen LogP contribution in [-0.2, 0) is 9.53 Å². The van der Waals surface area contributed by atoms with Crippen molar-refractivity contribution in [1.29, 1.82) is 0 Å². The molecule has 0 aromatic heterocycles. The standard InChI is InChI=1S/C14H19NO2/c1-17-14(16)11-5-3-2-4-8-12-9-6-7-10-13(12)15/h4,6-10H,2-3,5,11,15H2,1H3. The number of nitrogen functional groups attached to an aromatic ring is 1. The second kappa shape index (κ2) is 7.49. The van der Waals surface area contributed by atoms with Crippen molar-refractivity contribution in [1.82, 2.24) is 0 Å². The zero-order chi connectivity index (χ0) is 12.5. The van der Waals surface area contributed by atoms with Crippen LogP contribution in [0.5, 0.6) is 0 Å². The molecule has 0 fully saturated rings. The van der Waals surface area contributed by atoms with Crippen molar-refractivity contribution in [2.75, 3.05) is 12.8 Å². The van der Waals surface area contributed by atoms with Crippen molar-refractivity contribution < 1.29 is 9.53 Å². The van der Waals surface area contributed by atoms with E-state index < -0.39 is 0 Å². The SMILES string of the molecule is COC(=O)CCCCC=Cc1ccccc1N. The number of hydrogen-bond donors (Lipinski definition) is 1. The molecule has 0 saturated carbocycles. The number of allylic oxidation sites excluding steroid dienone is 1. The number of methoxy groups -OCH3 is 1. The van der Waals surface area contributed by atoms with Gasteiger partial charge >= 0.3 is 5.97 Å². The number of rotatable bonds is 6. The van der Waals surface area contributed by atoms with Gasteiger partial charge in [-0.3, -0.25) is 4.79 Å². The summed E-state index contributed by atoms with van der Waals surface area (Å²) in [6.07, 6.45) is 7.40. The summed E-state index contributed by atoms with van der Waals surface area (Å²) in [7, 11) is 1.42. The molecule has 3 nitrogen and oxygen atoms in total. The highest BCUT2D eigenvalue weighted by molar-refractivity contribution is 5.69. The fraction of sp³-hybridized carbons (Fsp3) is 0.357. The van der Waals surface area contributed by atoms with Gasteiger partial charge in [0.25, 0.3) is 0 Å². The van der Waals surface area contributed by atoms with E-state index in [-0.39, 0.29) is 5.97 Å². The maximum absolute atomic E-state index is 10.9. The Labute approximate surface area is 102 Å². The van der Waals surface area contributed by atoms with Crippen LogP contribution in [0.15, 0.2) is 30.3 Å². The molecule has 0 aliphatic carbocycles. The molecule has 3 heteroatoms. The summed E-state index contributed by atoms with van der Waals surface area (Å²) in [5, 5.41) is 0. The number of hydrogen-bond acceptors (Lipinski definition) is 3. The van der Waals surface area contributed by atoms with E-state index in [2.05, 4.69) is 10.8 Å². The average Bonchev–Trinajstić information content (AvgIpc) is 2.35. The molecule has 1 rings (SSSR count). The van der Waals surface area contributed by atoms with Crippen LogP contribution in [0.2, 0.25) is 0 Å². The van der Waals surface area contributed by atoms with E-state index in [1.165, 1.54) is 7.11 Å². The molecule has 92 valence electrons. The summed E-state index contributed by atoms with van der Waals surface area (Å²) in [4.78, 5) is 10.9. The highest BCUT2D eigenvalue weighted by Crippen LogP contribution is 2.13. The van der Waals surface area contributed by atoms with Gasteiger partial charge in [-0.25, -0.2) is 0 Å². The Hall–Kier alpha value is -1.77. The predicted molar refractivity (Wildman–Crippen MR) is 70.4 cm³/mol. The second-order valence-electron chi connectivity index (χ2n) is 3.85. The maximum Gasteiger partial charge on any atom is 0.305 e. The van der Waals surface area contributed by atoms with Gasteiger partial charge in [0.1, 0.15) is 0 Å². The molecular weight excluding hydrogens is 214 g/mol. The van der Waals surface area contributed by atoms with Gasteiger partial charge in [0.2, 0.25) is 0 Å². The Kier molecular flexibility index (Phi) is 5.86. The van der Waals surface area contributed by atoms with Crippen LogP contribution in [0.1, 0.15) is 31.2 Å². The number of carbonyl (C=O) groups excluding carboxylic acids is 1. The van der Waals surface area contributed by atoms with E-state index in [0.29, 0.717) is 6.42 Å². The van der Waals surface area contributed by atoms with Crippen LogP contribution in [-0.4, -0.2) is 13.1 Å². The first-order chi connectivity index (χ1) is 8.24. The number of unbranched alkanes of at least 4 members (excludes halogenated alkanes) is 2. The smallest absolute Gasteiger partial charge is 0.305 e. The van der Waals surface area contributed by atoms with Gasteiger partial charge in [0, 0.05) is 12.1 Å². The molecule has 0 aliphatic heterocycles. The lowest BCUT2D eigenvalue weighted by atomic mass is 10.1. The lowest BCUT2D eigenvalue weighted by Crippen LogP contribution is -1.98. The Morgan fingerprint density at radius 3 is 2.82 bits per heavy atom. The average molecular weight is 233 g/mol. The summed E-state index contributed by atoms with van der Waals surface area (Å²) in [5.41, 5.74) is 7.64. The van der Waals surface area contributed by atoms with E-state index in [4.69, 9.17) is 5.73 Å². The molecule has 0 unspecified atom stereocenters. The molecule has 0 saturated heterocycles. The summed E-state index contributed by atoms with van der Waals surface area (Å²) in [6, 6.07) is 7.76. The predicted octanol–water partition coefficient (Wildman–Crippen LogP) is 3.02. The van der Waals surface area contributed by atoms with Crippen LogP contribution < -0.4 is 5.73 Å². The summed E-state index contributed by atoms with van der Waals surface area (Å²) < 4.78 is 4.57. The van der Waals surface area contributed by atoms with Crippen LogP contribution in [0, 0.1) is 0 Å². The number of benzene rings is 1. The number of para-hydroxylation sites is 1. The van der Waals surface area contributed by atoms with E-state index in [9.17, 15) is 4.79 Å². The van der Waals surface area contributed by atoms with E-state index in [1.54, 1.807) is 0 Å².